The molecule has 4 heteroatoms. The summed E-state index contributed by atoms with van der Waals surface area (Å²) in [6, 6.07) is 0.126. The van der Waals surface area contributed by atoms with Crippen molar-refractivity contribution in [1.29, 1.82) is 0 Å². The number of aliphatic carboxylic acids is 1. The predicted molar refractivity (Wildman–Crippen MR) is 67.7 cm³/mol. The highest BCUT2D eigenvalue weighted by molar-refractivity contribution is 5.82. The van der Waals surface area contributed by atoms with Crippen LogP contribution in [0.15, 0.2) is 0 Å². The first-order valence-electron chi connectivity index (χ1n) is 6.31. The monoisotopic (exact) mass is 243 g/mol. The van der Waals surface area contributed by atoms with Crippen molar-refractivity contribution in [2.45, 2.75) is 53.5 Å². The summed E-state index contributed by atoms with van der Waals surface area (Å²) in [5.74, 6) is -1.20. The van der Waals surface area contributed by atoms with E-state index < -0.39 is 11.9 Å². The molecule has 1 N–H and O–H groups in total. The van der Waals surface area contributed by atoms with E-state index in [4.69, 9.17) is 5.11 Å². The lowest BCUT2D eigenvalue weighted by Gasteiger charge is -2.26. The van der Waals surface area contributed by atoms with E-state index in [1.807, 2.05) is 34.6 Å². The van der Waals surface area contributed by atoms with Gasteiger partial charge in [-0.3, -0.25) is 9.59 Å². The summed E-state index contributed by atoms with van der Waals surface area (Å²) < 4.78 is 0. The van der Waals surface area contributed by atoms with Crippen molar-refractivity contribution in [3.05, 3.63) is 0 Å². The summed E-state index contributed by atoms with van der Waals surface area (Å²) in [5.41, 5.74) is 0. The van der Waals surface area contributed by atoms with E-state index in [0.717, 1.165) is 0 Å². The molecule has 0 rings (SSSR count). The van der Waals surface area contributed by atoms with E-state index in [0.29, 0.717) is 13.0 Å². The molecule has 0 spiro atoms. The van der Waals surface area contributed by atoms with Gasteiger partial charge in [-0.2, -0.15) is 0 Å². The number of carboxylic acids is 1. The maximum atomic E-state index is 12.0. The number of carboxylic acid groups (broad SMARTS) is 1. The third-order valence-electron chi connectivity index (χ3n) is 2.81. The highest BCUT2D eigenvalue weighted by Crippen LogP contribution is 2.17. The maximum absolute atomic E-state index is 12.0. The molecule has 0 aliphatic carbocycles. The predicted octanol–water partition coefficient (Wildman–Crippen LogP) is 2.38. The Kier molecular flexibility index (Phi) is 6.85. The molecule has 4 nitrogen and oxygen atoms in total. The largest absolute Gasteiger partial charge is 0.481 e. The molecule has 0 aromatic carbocycles. The summed E-state index contributed by atoms with van der Waals surface area (Å²) in [7, 11) is 0. The Morgan fingerprint density at radius 3 is 2.00 bits per heavy atom. The molecule has 0 heterocycles. The van der Waals surface area contributed by atoms with Crippen LogP contribution in [0.25, 0.3) is 0 Å². The average molecular weight is 243 g/mol. The molecule has 0 aromatic heterocycles. The molecule has 17 heavy (non-hydrogen) atoms. The smallest absolute Gasteiger partial charge is 0.307 e. The minimum absolute atomic E-state index is 0.0597. The molecule has 0 fully saturated rings. The molecule has 1 amide bonds. The van der Waals surface area contributed by atoms with E-state index in [-0.39, 0.29) is 24.3 Å². The van der Waals surface area contributed by atoms with Gasteiger partial charge in [0.05, 0.1) is 5.92 Å². The Morgan fingerprint density at radius 1 is 1.18 bits per heavy atom. The Morgan fingerprint density at radius 2 is 1.71 bits per heavy atom. The number of carbonyl (C=O) groups is 2. The van der Waals surface area contributed by atoms with Crippen LogP contribution in [-0.4, -0.2) is 34.5 Å². The van der Waals surface area contributed by atoms with E-state index in [1.165, 1.54) is 0 Å². The fraction of sp³-hybridized carbons (Fsp3) is 0.846. The quantitative estimate of drug-likeness (QED) is 0.747. The molecule has 0 aromatic rings. The lowest BCUT2D eigenvalue weighted by Crippen LogP contribution is -2.38. The molecule has 0 aliphatic heterocycles. The van der Waals surface area contributed by atoms with Crippen LogP contribution in [0.1, 0.15) is 47.5 Å². The van der Waals surface area contributed by atoms with E-state index in [2.05, 4.69) is 0 Å². The van der Waals surface area contributed by atoms with Crippen molar-refractivity contribution < 1.29 is 14.7 Å². The van der Waals surface area contributed by atoms with Crippen LogP contribution < -0.4 is 0 Å². The second-order valence-corrected chi connectivity index (χ2v) is 5.14. The molecule has 0 saturated heterocycles. The molecule has 0 aliphatic rings. The number of amides is 1. The summed E-state index contributed by atoms with van der Waals surface area (Å²) in [4.78, 5) is 24.8. The molecule has 1 atom stereocenters. The van der Waals surface area contributed by atoms with Crippen LogP contribution in [0, 0.1) is 11.8 Å². The maximum Gasteiger partial charge on any atom is 0.307 e. The summed E-state index contributed by atoms with van der Waals surface area (Å²) >= 11 is 0. The topological polar surface area (TPSA) is 57.6 Å². The van der Waals surface area contributed by atoms with Crippen LogP contribution in [0.4, 0.5) is 0 Å². The van der Waals surface area contributed by atoms with Crippen molar-refractivity contribution in [3.63, 3.8) is 0 Å². The summed E-state index contributed by atoms with van der Waals surface area (Å²) in [5, 5.41) is 9.09. The van der Waals surface area contributed by atoms with Gasteiger partial charge in [0.1, 0.15) is 0 Å². The van der Waals surface area contributed by atoms with Crippen LogP contribution in [-0.2, 0) is 9.59 Å². The van der Waals surface area contributed by atoms with E-state index >= 15 is 0 Å². The Labute approximate surface area is 104 Å². The normalized spacial score (nSPS) is 12.9. The van der Waals surface area contributed by atoms with Crippen molar-refractivity contribution in [2.75, 3.05) is 6.54 Å². The van der Waals surface area contributed by atoms with Gasteiger partial charge in [0.15, 0.2) is 0 Å². The Bertz CT molecular complexity index is 261. The fourth-order valence-corrected chi connectivity index (χ4v) is 2.00. The van der Waals surface area contributed by atoms with Gasteiger partial charge in [-0.15, -0.1) is 0 Å². The average Bonchev–Trinajstić information content (AvgIpc) is 2.15. The first-order valence-corrected chi connectivity index (χ1v) is 6.31. The summed E-state index contributed by atoms with van der Waals surface area (Å²) in [6.07, 6.45) is 0.663. The number of nitrogens with zero attached hydrogens (tertiary/aromatic N) is 1. The number of hydrogen-bond donors (Lipinski definition) is 1. The second-order valence-electron chi connectivity index (χ2n) is 5.14. The first-order chi connectivity index (χ1) is 7.79. The second kappa shape index (κ2) is 7.30. The van der Waals surface area contributed by atoms with Crippen LogP contribution >= 0.6 is 0 Å². The van der Waals surface area contributed by atoms with Gasteiger partial charge >= 0.3 is 5.97 Å². The number of hydrogen-bond acceptors (Lipinski definition) is 2. The zero-order valence-corrected chi connectivity index (χ0v) is 11.6. The first kappa shape index (κ1) is 15.9. The van der Waals surface area contributed by atoms with Crippen molar-refractivity contribution >= 4 is 11.9 Å². The lowest BCUT2D eigenvalue weighted by molar-refractivity contribution is -0.147. The zero-order chi connectivity index (χ0) is 13.6. The van der Waals surface area contributed by atoms with E-state index in [9.17, 15) is 9.59 Å². The Hall–Kier alpha value is -1.06. The van der Waals surface area contributed by atoms with Gasteiger partial charge in [-0.25, -0.2) is 0 Å². The number of carbonyl (C=O) groups excluding carboxylic acids is 1. The zero-order valence-electron chi connectivity index (χ0n) is 11.6. The van der Waals surface area contributed by atoms with Crippen LogP contribution in [0.2, 0.25) is 0 Å². The fourth-order valence-electron chi connectivity index (χ4n) is 2.00. The van der Waals surface area contributed by atoms with Crippen molar-refractivity contribution in [1.82, 2.24) is 4.90 Å². The molecule has 0 radical (unpaired) electrons. The highest BCUT2D eigenvalue weighted by Gasteiger charge is 2.25. The standard InChI is InChI=1S/C13H25NO3/c1-6-14(10(4)5)12(15)8-11(13(16)17)7-9(2)3/h9-11H,6-8H2,1-5H3,(H,16,17)/t11-/m1/s1. The number of rotatable bonds is 7. The highest BCUT2D eigenvalue weighted by atomic mass is 16.4. The Balaban J connectivity index is 4.54. The summed E-state index contributed by atoms with van der Waals surface area (Å²) in [6.45, 7) is 10.4. The lowest BCUT2D eigenvalue weighted by atomic mass is 9.93. The van der Waals surface area contributed by atoms with Gasteiger partial charge in [0, 0.05) is 19.0 Å². The third-order valence-corrected chi connectivity index (χ3v) is 2.81. The van der Waals surface area contributed by atoms with Gasteiger partial charge < -0.3 is 10.0 Å². The van der Waals surface area contributed by atoms with Crippen LogP contribution in [0.3, 0.4) is 0 Å². The molecule has 0 bridgehead atoms. The van der Waals surface area contributed by atoms with Gasteiger partial charge in [-0.1, -0.05) is 13.8 Å². The minimum atomic E-state index is -0.869. The third kappa shape index (κ3) is 5.71. The molecule has 0 saturated carbocycles. The minimum Gasteiger partial charge on any atom is -0.481 e. The van der Waals surface area contributed by atoms with Crippen molar-refractivity contribution in [3.8, 4) is 0 Å². The van der Waals surface area contributed by atoms with Gasteiger partial charge in [0.25, 0.3) is 0 Å². The van der Waals surface area contributed by atoms with Crippen molar-refractivity contribution in [2.24, 2.45) is 11.8 Å². The molecular weight excluding hydrogens is 218 g/mol. The molecular formula is C13H25NO3. The van der Waals surface area contributed by atoms with Gasteiger partial charge in [0.2, 0.25) is 5.91 Å². The van der Waals surface area contributed by atoms with Crippen LogP contribution in [0.5, 0.6) is 0 Å². The van der Waals surface area contributed by atoms with Gasteiger partial charge in [-0.05, 0) is 33.1 Å². The molecule has 100 valence electrons. The SMILES string of the molecule is CCN(C(=O)C[C@@H](CC(C)C)C(=O)O)C(C)C. The van der Waals surface area contributed by atoms with E-state index in [1.54, 1.807) is 4.90 Å². The molecule has 0 unspecified atom stereocenters.